The van der Waals surface area contributed by atoms with Crippen molar-refractivity contribution in [3.8, 4) is 5.75 Å². The van der Waals surface area contributed by atoms with Gasteiger partial charge in [0.05, 0.1) is 6.10 Å². The van der Waals surface area contributed by atoms with Crippen molar-refractivity contribution in [3.63, 3.8) is 0 Å². The Hall–Kier alpha value is -1.91. The summed E-state index contributed by atoms with van der Waals surface area (Å²) < 4.78 is 5.43. The van der Waals surface area contributed by atoms with Crippen LogP contribution in [0.2, 0.25) is 0 Å². The van der Waals surface area contributed by atoms with Gasteiger partial charge in [-0.05, 0) is 30.0 Å². The summed E-state index contributed by atoms with van der Waals surface area (Å²) in [5.41, 5.74) is 0. The molecule has 2 aromatic carbocycles. The summed E-state index contributed by atoms with van der Waals surface area (Å²) in [7, 11) is 1.82. The molecule has 0 aliphatic carbocycles. The molecule has 1 fully saturated rings. The van der Waals surface area contributed by atoms with Gasteiger partial charge in [-0.2, -0.15) is 0 Å². The zero-order valence-corrected chi connectivity index (χ0v) is 11.3. The summed E-state index contributed by atoms with van der Waals surface area (Å²) in [4.78, 5) is 14.0. The first-order valence-corrected chi connectivity index (χ1v) is 6.72. The average molecular weight is 271 g/mol. The molecular weight excluding hydrogens is 254 g/mol. The number of carbonyl (C=O) groups excluding carboxylic acids is 1. The molecule has 2 atom stereocenters. The van der Waals surface area contributed by atoms with E-state index in [1.807, 2.05) is 48.3 Å². The van der Waals surface area contributed by atoms with Crippen LogP contribution in [-0.2, 0) is 4.79 Å². The number of hydrogen-bond acceptors (Lipinski definition) is 4. The third-order valence-corrected chi connectivity index (χ3v) is 3.74. The van der Waals surface area contributed by atoms with Crippen LogP contribution in [0, 0.1) is 0 Å². The molecule has 0 spiro atoms. The minimum Gasteiger partial charge on any atom is -0.425 e. The SMILES string of the molecule is CN1C[C@H](O)C[C@H]1C(=O)Oc1ccc2ccccc2c1. The molecule has 1 saturated heterocycles. The molecule has 2 aromatic rings. The smallest absolute Gasteiger partial charge is 0.328 e. The van der Waals surface area contributed by atoms with Crippen molar-refractivity contribution in [1.29, 1.82) is 0 Å². The van der Waals surface area contributed by atoms with E-state index in [2.05, 4.69) is 0 Å². The molecule has 0 bridgehead atoms. The lowest BCUT2D eigenvalue weighted by atomic mass is 10.1. The quantitative estimate of drug-likeness (QED) is 0.668. The Labute approximate surface area is 117 Å². The Morgan fingerprint density at radius 3 is 2.70 bits per heavy atom. The van der Waals surface area contributed by atoms with Crippen molar-refractivity contribution < 1.29 is 14.6 Å². The van der Waals surface area contributed by atoms with Crippen LogP contribution < -0.4 is 4.74 Å². The topological polar surface area (TPSA) is 49.8 Å². The maximum atomic E-state index is 12.1. The highest BCUT2D eigenvalue weighted by Gasteiger charge is 2.34. The minimum atomic E-state index is -0.450. The number of ether oxygens (including phenoxy) is 1. The number of carbonyl (C=O) groups is 1. The third-order valence-electron chi connectivity index (χ3n) is 3.74. The number of esters is 1. The minimum absolute atomic E-state index is 0.306. The zero-order chi connectivity index (χ0) is 14.1. The van der Waals surface area contributed by atoms with Gasteiger partial charge >= 0.3 is 5.97 Å². The van der Waals surface area contributed by atoms with Gasteiger partial charge in [0.25, 0.3) is 0 Å². The van der Waals surface area contributed by atoms with Crippen LogP contribution in [0.1, 0.15) is 6.42 Å². The number of β-amino-alcohol motifs (C(OH)–C–C–N with tert-alkyl or cyclic N) is 1. The maximum absolute atomic E-state index is 12.1. The van der Waals surface area contributed by atoms with Gasteiger partial charge in [0.1, 0.15) is 11.8 Å². The van der Waals surface area contributed by atoms with Crippen molar-refractivity contribution in [3.05, 3.63) is 42.5 Å². The van der Waals surface area contributed by atoms with E-state index in [1.54, 1.807) is 6.07 Å². The van der Waals surface area contributed by atoms with Crippen LogP contribution in [0.4, 0.5) is 0 Å². The monoisotopic (exact) mass is 271 g/mol. The number of rotatable bonds is 2. The number of fused-ring (bicyclic) bond motifs is 1. The number of hydrogen-bond donors (Lipinski definition) is 1. The molecule has 1 aliphatic heterocycles. The Bertz CT molecular complexity index is 640. The van der Waals surface area contributed by atoms with E-state index >= 15 is 0 Å². The number of likely N-dealkylation sites (N-methyl/N-ethyl adjacent to an activating group) is 1. The summed E-state index contributed by atoms with van der Waals surface area (Å²) >= 11 is 0. The van der Waals surface area contributed by atoms with E-state index in [9.17, 15) is 9.90 Å². The van der Waals surface area contributed by atoms with Crippen LogP contribution >= 0.6 is 0 Å². The lowest BCUT2D eigenvalue weighted by Gasteiger charge is -2.17. The normalized spacial score (nSPS) is 23.1. The standard InChI is InChI=1S/C16H17NO3/c1-17-10-13(18)9-15(17)16(19)20-14-7-6-11-4-2-3-5-12(11)8-14/h2-8,13,15,18H,9-10H2,1H3/t13-,15+/m1/s1. The first-order chi connectivity index (χ1) is 9.63. The van der Waals surface area contributed by atoms with E-state index < -0.39 is 6.10 Å². The largest absolute Gasteiger partial charge is 0.425 e. The number of likely N-dealkylation sites (tertiary alicyclic amines) is 1. The van der Waals surface area contributed by atoms with E-state index in [1.165, 1.54) is 0 Å². The van der Waals surface area contributed by atoms with Gasteiger partial charge in [0, 0.05) is 13.0 Å². The fourth-order valence-corrected chi connectivity index (χ4v) is 2.66. The van der Waals surface area contributed by atoms with Gasteiger partial charge in [-0.3, -0.25) is 4.90 Å². The van der Waals surface area contributed by atoms with E-state index in [4.69, 9.17) is 4.74 Å². The summed E-state index contributed by atoms with van der Waals surface area (Å²) in [5.74, 6) is 0.239. The second-order valence-corrected chi connectivity index (χ2v) is 5.27. The summed E-state index contributed by atoms with van der Waals surface area (Å²) in [6.45, 7) is 0.511. The molecule has 3 rings (SSSR count). The molecule has 1 aliphatic rings. The first kappa shape index (κ1) is 13.1. The number of nitrogens with zero attached hydrogens (tertiary/aromatic N) is 1. The molecule has 1 heterocycles. The molecule has 4 nitrogen and oxygen atoms in total. The average Bonchev–Trinajstić information content (AvgIpc) is 2.78. The van der Waals surface area contributed by atoms with Gasteiger partial charge in [0.15, 0.2) is 0 Å². The van der Waals surface area contributed by atoms with Gasteiger partial charge < -0.3 is 9.84 Å². The molecule has 0 saturated carbocycles. The van der Waals surface area contributed by atoms with E-state index in [0.717, 1.165) is 10.8 Å². The Kier molecular flexibility index (Phi) is 3.42. The molecule has 0 amide bonds. The van der Waals surface area contributed by atoms with Gasteiger partial charge in [-0.25, -0.2) is 4.79 Å². The lowest BCUT2D eigenvalue weighted by molar-refractivity contribution is -0.139. The highest BCUT2D eigenvalue weighted by Crippen LogP contribution is 2.23. The van der Waals surface area contributed by atoms with Crippen molar-refractivity contribution in [1.82, 2.24) is 4.90 Å². The van der Waals surface area contributed by atoms with Crippen molar-refractivity contribution >= 4 is 16.7 Å². The molecular formula is C16H17NO3. The predicted molar refractivity (Wildman–Crippen MR) is 76.6 cm³/mol. The second-order valence-electron chi connectivity index (χ2n) is 5.27. The molecule has 0 radical (unpaired) electrons. The summed E-state index contributed by atoms with van der Waals surface area (Å²) in [5, 5.41) is 11.7. The third kappa shape index (κ3) is 2.53. The fourth-order valence-electron chi connectivity index (χ4n) is 2.66. The van der Waals surface area contributed by atoms with Crippen LogP contribution in [0.15, 0.2) is 42.5 Å². The highest BCUT2D eigenvalue weighted by molar-refractivity contribution is 5.85. The van der Waals surface area contributed by atoms with Gasteiger partial charge in [-0.1, -0.05) is 30.3 Å². The van der Waals surface area contributed by atoms with Crippen LogP contribution in [0.3, 0.4) is 0 Å². The molecule has 4 heteroatoms. The fraction of sp³-hybridized carbons (Fsp3) is 0.312. The Morgan fingerprint density at radius 1 is 1.25 bits per heavy atom. The van der Waals surface area contributed by atoms with Crippen LogP contribution in [-0.4, -0.2) is 41.7 Å². The maximum Gasteiger partial charge on any atom is 0.328 e. The Morgan fingerprint density at radius 2 is 2.00 bits per heavy atom. The van der Waals surface area contributed by atoms with E-state index in [0.29, 0.717) is 18.7 Å². The Balaban J connectivity index is 1.77. The molecule has 0 unspecified atom stereocenters. The van der Waals surface area contributed by atoms with Crippen molar-refractivity contribution in [2.75, 3.05) is 13.6 Å². The predicted octanol–water partition coefficient (Wildman–Crippen LogP) is 1.81. The van der Waals surface area contributed by atoms with Crippen LogP contribution in [0.5, 0.6) is 5.75 Å². The molecule has 1 N–H and O–H groups in total. The first-order valence-electron chi connectivity index (χ1n) is 6.72. The van der Waals surface area contributed by atoms with Gasteiger partial charge in [-0.15, -0.1) is 0 Å². The van der Waals surface area contributed by atoms with E-state index in [-0.39, 0.29) is 12.0 Å². The second kappa shape index (κ2) is 5.23. The number of benzene rings is 2. The molecule has 20 heavy (non-hydrogen) atoms. The number of aliphatic hydroxyl groups is 1. The van der Waals surface area contributed by atoms with Crippen LogP contribution in [0.25, 0.3) is 10.8 Å². The summed E-state index contributed by atoms with van der Waals surface area (Å²) in [6, 6.07) is 13.2. The molecule has 0 aromatic heterocycles. The van der Waals surface area contributed by atoms with Crippen molar-refractivity contribution in [2.24, 2.45) is 0 Å². The van der Waals surface area contributed by atoms with Crippen molar-refractivity contribution in [2.45, 2.75) is 18.6 Å². The lowest BCUT2D eigenvalue weighted by Crippen LogP contribution is -2.35. The number of aliphatic hydroxyl groups excluding tert-OH is 1. The highest BCUT2D eigenvalue weighted by atomic mass is 16.5. The summed E-state index contributed by atoms with van der Waals surface area (Å²) in [6.07, 6.45) is -0.0164. The zero-order valence-electron chi connectivity index (χ0n) is 11.3. The molecule has 104 valence electrons. The van der Waals surface area contributed by atoms with Gasteiger partial charge in [0.2, 0.25) is 0 Å².